The van der Waals surface area contributed by atoms with Crippen molar-refractivity contribution in [3.05, 3.63) is 18.2 Å². The third-order valence-corrected chi connectivity index (χ3v) is 5.36. The highest BCUT2D eigenvalue weighted by Gasteiger charge is 2.22. The molecular formula is C16H21NO3S. The molecule has 4 nitrogen and oxygen atoms in total. The number of anilines is 1. The molecule has 3 rings (SSSR count). The maximum Gasteiger partial charge on any atom is 0.237 e. The number of benzene rings is 1. The lowest BCUT2D eigenvalue weighted by Gasteiger charge is -2.20. The fourth-order valence-corrected chi connectivity index (χ4v) is 4.11. The van der Waals surface area contributed by atoms with Crippen molar-refractivity contribution in [2.75, 3.05) is 18.5 Å². The molecule has 0 aromatic heterocycles. The smallest absolute Gasteiger partial charge is 0.237 e. The van der Waals surface area contributed by atoms with Crippen molar-refractivity contribution in [2.24, 2.45) is 0 Å². The fourth-order valence-electron chi connectivity index (χ4n) is 2.74. The average molecular weight is 307 g/mol. The van der Waals surface area contributed by atoms with Crippen LogP contribution in [0.1, 0.15) is 32.6 Å². The number of carbonyl (C=O) groups is 1. The van der Waals surface area contributed by atoms with Gasteiger partial charge in [-0.3, -0.25) is 4.79 Å². The Morgan fingerprint density at radius 3 is 2.71 bits per heavy atom. The molecule has 5 heteroatoms. The summed E-state index contributed by atoms with van der Waals surface area (Å²) < 4.78 is 11.0. The Morgan fingerprint density at radius 1 is 1.24 bits per heavy atom. The molecule has 1 unspecified atom stereocenters. The van der Waals surface area contributed by atoms with E-state index in [0.29, 0.717) is 24.2 Å². The fraction of sp³-hybridized carbons (Fsp3) is 0.562. The van der Waals surface area contributed by atoms with Crippen LogP contribution in [0.4, 0.5) is 5.69 Å². The maximum absolute atomic E-state index is 12.3. The molecule has 1 fully saturated rings. The third kappa shape index (κ3) is 3.64. The Kier molecular flexibility index (Phi) is 4.58. The molecule has 0 radical (unpaired) electrons. The third-order valence-electron chi connectivity index (χ3n) is 3.88. The van der Waals surface area contributed by atoms with Gasteiger partial charge in [-0.05, 0) is 31.9 Å². The van der Waals surface area contributed by atoms with Gasteiger partial charge < -0.3 is 14.8 Å². The molecule has 1 amide bonds. The van der Waals surface area contributed by atoms with E-state index in [0.717, 1.165) is 11.4 Å². The van der Waals surface area contributed by atoms with Crippen LogP contribution in [0.3, 0.4) is 0 Å². The number of fused-ring (bicyclic) bond motifs is 1. The van der Waals surface area contributed by atoms with Gasteiger partial charge in [-0.25, -0.2) is 0 Å². The van der Waals surface area contributed by atoms with Gasteiger partial charge in [0.1, 0.15) is 13.2 Å². The van der Waals surface area contributed by atoms with Crippen LogP contribution < -0.4 is 14.8 Å². The van der Waals surface area contributed by atoms with E-state index < -0.39 is 0 Å². The molecule has 0 saturated heterocycles. The summed E-state index contributed by atoms with van der Waals surface area (Å²) in [6.45, 7) is 3.11. The number of ether oxygens (including phenoxy) is 2. The number of rotatable bonds is 4. The number of carbonyl (C=O) groups excluding carboxylic acids is 1. The van der Waals surface area contributed by atoms with E-state index in [9.17, 15) is 4.79 Å². The van der Waals surface area contributed by atoms with Gasteiger partial charge in [0.05, 0.1) is 5.25 Å². The van der Waals surface area contributed by atoms with Crippen molar-refractivity contribution < 1.29 is 14.3 Å². The minimum atomic E-state index is -0.0266. The average Bonchev–Trinajstić information content (AvgIpc) is 3.00. The summed E-state index contributed by atoms with van der Waals surface area (Å²) in [6, 6.07) is 5.54. The molecule has 1 aromatic rings. The summed E-state index contributed by atoms with van der Waals surface area (Å²) in [5.41, 5.74) is 0.767. The highest BCUT2D eigenvalue weighted by Crippen LogP contribution is 2.34. The molecule has 0 spiro atoms. The Morgan fingerprint density at radius 2 is 1.95 bits per heavy atom. The van der Waals surface area contributed by atoms with Gasteiger partial charge in [-0.2, -0.15) is 0 Å². The zero-order chi connectivity index (χ0) is 14.7. The van der Waals surface area contributed by atoms with Gasteiger partial charge in [0.2, 0.25) is 5.91 Å². The van der Waals surface area contributed by atoms with Crippen LogP contribution in [0, 0.1) is 0 Å². The van der Waals surface area contributed by atoms with Gasteiger partial charge in [0.15, 0.2) is 11.5 Å². The second-order valence-corrected chi connectivity index (χ2v) is 7.18. The molecule has 1 aromatic carbocycles. The number of hydrogen-bond acceptors (Lipinski definition) is 4. The number of nitrogens with one attached hydrogen (secondary N) is 1. The standard InChI is InChI=1S/C16H21NO3S/c1-11(21-13-4-2-3-5-13)16(18)17-12-6-7-14-15(10-12)20-9-8-19-14/h6-7,10-11,13H,2-5,8-9H2,1H3,(H,17,18). The molecule has 114 valence electrons. The molecule has 0 bridgehead atoms. The van der Waals surface area contributed by atoms with Gasteiger partial charge >= 0.3 is 0 Å². The van der Waals surface area contributed by atoms with E-state index in [1.165, 1.54) is 25.7 Å². The van der Waals surface area contributed by atoms with Crippen molar-refractivity contribution >= 4 is 23.4 Å². The summed E-state index contributed by atoms with van der Waals surface area (Å²) in [4.78, 5) is 12.3. The van der Waals surface area contributed by atoms with Crippen LogP contribution in [-0.2, 0) is 4.79 Å². The van der Waals surface area contributed by atoms with Crippen LogP contribution >= 0.6 is 11.8 Å². The van der Waals surface area contributed by atoms with Crippen LogP contribution in [0.2, 0.25) is 0 Å². The minimum absolute atomic E-state index is 0.0266. The van der Waals surface area contributed by atoms with Crippen molar-refractivity contribution in [1.82, 2.24) is 0 Å². The topological polar surface area (TPSA) is 47.6 Å². The summed E-state index contributed by atoms with van der Waals surface area (Å²) in [7, 11) is 0. The Labute approximate surface area is 129 Å². The predicted octanol–water partition coefficient (Wildman–Crippen LogP) is 3.46. The Balaban J connectivity index is 1.58. The van der Waals surface area contributed by atoms with Crippen LogP contribution in [0.5, 0.6) is 11.5 Å². The normalized spacial score (nSPS) is 19.3. The van der Waals surface area contributed by atoms with Crippen LogP contribution in [0.25, 0.3) is 0 Å². The highest BCUT2D eigenvalue weighted by atomic mass is 32.2. The van der Waals surface area contributed by atoms with Crippen molar-refractivity contribution in [3.63, 3.8) is 0 Å². The molecule has 1 N–H and O–H groups in total. The maximum atomic E-state index is 12.3. The van der Waals surface area contributed by atoms with Gasteiger partial charge in [-0.1, -0.05) is 12.8 Å². The lowest BCUT2D eigenvalue weighted by atomic mass is 10.2. The zero-order valence-corrected chi connectivity index (χ0v) is 13.1. The summed E-state index contributed by atoms with van der Waals surface area (Å²) >= 11 is 1.80. The second-order valence-electron chi connectivity index (χ2n) is 5.53. The lowest BCUT2D eigenvalue weighted by Crippen LogP contribution is -2.24. The molecular weight excluding hydrogens is 286 g/mol. The van der Waals surface area contributed by atoms with Gasteiger partial charge in [0, 0.05) is 17.0 Å². The monoisotopic (exact) mass is 307 g/mol. The SMILES string of the molecule is CC(SC1CCCC1)C(=O)Nc1ccc2c(c1)OCCO2. The first-order chi connectivity index (χ1) is 10.2. The second kappa shape index (κ2) is 6.60. The zero-order valence-electron chi connectivity index (χ0n) is 12.3. The minimum Gasteiger partial charge on any atom is -0.486 e. The van der Waals surface area contributed by atoms with Crippen molar-refractivity contribution in [2.45, 2.75) is 43.1 Å². The summed E-state index contributed by atoms with van der Waals surface area (Å²) in [5.74, 6) is 1.51. The van der Waals surface area contributed by atoms with Crippen LogP contribution in [0.15, 0.2) is 18.2 Å². The van der Waals surface area contributed by atoms with E-state index in [-0.39, 0.29) is 11.2 Å². The number of thioether (sulfide) groups is 1. The lowest BCUT2D eigenvalue weighted by molar-refractivity contribution is -0.115. The molecule has 1 aliphatic carbocycles. The molecule has 1 atom stereocenters. The van der Waals surface area contributed by atoms with E-state index in [1.807, 2.05) is 25.1 Å². The van der Waals surface area contributed by atoms with E-state index >= 15 is 0 Å². The predicted molar refractivity (Wildman–Crippen MR) is 85.4 cm³/mol. The number of hydrogen-bond donors (Lipinski definition) is 1. The first kappa shape index (κ1) is 14.6. The van der Waals surface area contributed by atoms with E-state index in [1.54, 1.807) is 11.8 Å². The summed E-state index contributed by atoms with van der Waals surface area (Å²) in [5, 5.41) is 3.59. The molecule has 1 heterocycles. The molecule has 1 saturated carbocycles. The van der Waals surface area contributed by atoms with E-state index in [4.69, 9.17) is 9.47 Å². The van der Waals surface area contributed by atoms with Gasteiger partial charge in [0.25, 0.3) is 0 Å². The highest BCUT2D eigenvalue weighted by molar-refractivity contribution is 8.01. The first-order valence-electron chi connectivity index (χ1n) is 7.58. The first-order valence-corrected chi connectivity index (χ1v) is 8.52. The quantitative estimate of drug-likeness (QED) is 0.925. The van der Waals surface area contributed by atoms with E-state index in [2.05, 4.69) is 5.32 Å². The summed E-state index contributed by atoms with van der Waals surface area (Å²) in [6.07, 6.45) is 5.08. The number of amides is 1. The molecule has 21 heavy (non-hydrogen) atoms. The van der Waals surface area contributed by atoms with Crippen molar-refractivity contribution in [1.29, 1.82) is 0 Å². The largest absolute Gasteiger partial charge is 0.486 e. The molecule has 1 aliphatic heterocycles. The Hall–Kier alpha value is -1.36. The Bertz CT molecular complexity index is 514. The van der Waals surface area contributed by atoms with Crippen LogP contribution in [-0.4, -0.2) is 29.6 Å². The van der Waals surface area contributed by atoms with Crippen molar-refractivity contribution in [3.8, 4) is 11.5 Å². The molecule has 2 aliphatic rings. The van der Waals surface area contributed by atoms with Gasteiger partial charge in [-0.15, -0.1) is 11.8 Å².